The van der Waals surface area contributed by atoms with Crippen LogP contribution in [0.5, 0.6) is 0 Å². The number of hydrogen-bond donors (Lipinski definition) is 1. The Kier molecular flexibility index (Phi) is 5.22. The lowest BCUT2D eigenvalue weighted by Gasteiger charge is -2.28. The Labute approximate surface area is 119 Å². The van der Waals surface area contributed by atoms with Gasteiger partial charge in [-0.05, 0) is 37.9 Å². The molecule has 0 bridgehead atoms. The molecule has 1 unspecified atom stereocenters. The van der Waals surface area contributed by atoms with Crippen molar-refractivity contribution in [3.05, 3.63) is 34.3 Å². The number of nitrogens with zero attached hydrogens (tertiary/aromatic N) is 1. The molecule has 1 aromatic rings. The summed E-state index contributed by atoms with van der Waals surface area (Å²) < 4.78 is 1.21. The second kappa shape index (κ2) is 6.69. The highest BCUT2D eigenvalue weighted by atomic mass is 79.9. The van der Waals surface area contributed by atoms with Gasteiger partial charge in [0, 0.05) is 29.6 Å². The van der Waals surface area contributed by atoms with Crippen LogP contribution in [0.15, 0.2) is 28.7 Å². The van der Waals surface area contributed by atoms with Crippen molar-refractivity contribution in [2.75, 3.05) is 13.6 Å². The molecule has 0 radical (unpaired) electrons. The van der Waals surface area contributed by atoms with Gasteiger partial charge in [0.1, 0.15) is 0 Å². The normalized spacial score (nSPS) is 17.1. The number of rotatable bonds is 7. The largest absolute Gasteiger partial charge is 0.312 e. The van der Waals surface area contributed by atoms with Gasteiger partial charge in [-0.3, -0.25) is 4.90 Å². The van der Waals surface area contributed by atoms with Gasteiger partial charge in [0.25, 0.3) is 0 Å². The van der Waals surface area contributed by atoms with E-state index in [2.05, 4.69) is 64.4 Å². The van der Waals surface area contributed by atoms with Crippen LogP contribution in [0.2, 0.25) is 0 Å². The maximum atomic E-state index is 3.64. The Balaban J connectivity index is 1.87. The molecule has 0 aliphatic heterocycles. The van der Waals surface area contributed by atoms with Crippen LogP contribution in [-0.2, 0) is 6.54 Å². The monoisotopic (exact) mass is 310 g/mol. The zero-order valence-corrected chi connectivity index (χ0v) is 12.9. The fourth-order valence-corrected chi connectivity index (χ4v) is 2.64. The molecule has 0 spiro atoms. The smallest absolute Gasteiger partial charge is 0.0245 e. The lowest BCUT2D eigenvalue weighted by atomic mass is 10.1. The van der Waals surface area contributed by atoms with E-state index >= 15 is 0 Å². The predicted octanol–water partition coefficient (Wildman–Crippen LogP) is 3.41. The van der Waals surface area contributed by atoms with Crippen molar-refractivity contribution >= 4 is 15.9 Å². The number of likely N-dealkylation sites (N-methyl/N-ethyl adjacent to an activating group) is 1. The molecule has 2 rings (SSSR count). The molecule has 0 saturated heterocycles. The van der Waals surface area contributed by atoms with Gasteiger partial charge in [0.15, 0.2) is 0 Å². The Hall–Kier alpha value is -0.380. The Morgan fingerprint density at radius 1 is 1.39 bits per heavy atom. The lowest BCUT2D eigenvalue weighted by molar-refractivity contribution is 0.220. The van der Waals surface area contributed by atoms with Crippen molar-refractivity contribution in [3.63, 3.8) is 0 Å². The molecular formula is C15H23BrN2. The number of halogens is 1. The van der Waals surface area contributed by atoms with Gasteiger partial charge in [-0.15, -0.1) is 0 Å². The fourth-order valence-electron chi connectivity index (χ4n) is 2.23. The Bertz CT molecular complexity index is 377. The third-order valence-corrected chi connectivity index (χ3v) is 4.47. The minimum absolute atomic E-state index is 0.623. The van der Waals surface area contributed by atoms with Gasteiger partial charge in [0.2, 0.25) is 0 Å². The minimum Gasteiger partial charge on any atom is -0.312 e. The van der Waals surface area contributed by atoms with E-state index in [9.17, 15) is 0 Å². The first kappa shape index (κ1) is 14.0. The molecule has 18 heavy (non-hydrogen) atoms. The first-order chi connectivity index (χ1) is 8.70. The van der Waals surface area contributed by atoms with Crippen molar-refractivity contribution in [1.29, 1.82) is 0 Å². The molecule has 1 atom stereocenters. The van der Waals surface area contributed by atoms with Crippen LogP contribution in [0.25, 0.3) is 0 Å². The summed E-state index contributed by atoms with van der Waals surface area (Å²) >= 11 is 3.63. The van der Waals surface area contributed by atoms with E-state index in [0.29, 0.717) is 6.04 Å². The maximum absolute atomic E-state index is 3.64. The summed E-state index contributed by atoms with van der Waals surface area (Å²) in [6.45, 7) is 4.39. The minimum atomic E-state index is 0.623. The van der Waals surface area contributed by atoms with Crippen LogP contribution in [-0.4, -0.2) is 30.6 Å². The fraction of sp³-hybridized carbons (Fsp3) is 0.600. The van der Waals surface area contributed by atoms with Crippen molar-refractivity contribution in [3.8, 4) is 0 Å². The third-order valence-electron chi connectivity index (χ3n) is 3.69. The van der Waals surface area contributed by atoms with E-state index in [1.54, 1.807) is 0 Å². The van der Waals surface area contributed by atoms with Gasteiger partial charge in [-0.25, -0.2) is 0 Å². The zero-order chi connectivity index (χ0) is 13.0. The van der Waals surface area contributed by atoms with Crippen molar-refractivity contribution in [2.45, 2.75) is 44.8 Å². The summed E-state index contributed by atoms with van der Waals surface area (Å²) in [5, 5.41) is 3.64. The lowest BCUT2D eigenvalue weighted by Crippen LogP contribution is -2.40. The third kappa shape index (κ3) is 4.08. The Morgan fingerprint density at radius 2 is 2.11 bits per heavy atom. The highest BCUT2D eigenvalue weighted by Crippen LogP contribution is 2.20. The standard InChI is InChI=1S/C15H23BrN2/c1-3-14(10-17-13-8-9-13)18(2)11-12-6-4-5-7-15(12)16/h4-7,13-14,17H,3,8-11H2,1-2H3. The van der Waals surface area contributed by atoms with Crippen molar-refractivity contribution < 1.29 is 0 Å². The van der Waals surface area contributed by atoms with Gasteiger partial charge >= 0.3 is 0 Å². The van der Waals surface area contributed by atoms with Crippen molar-refractivity contribution in [1.82, 2.24) is 10.2 Å². The summed E-state index contributed by atoms with van der Waals surface area (Å²) in [6.07, 6.45) is 3.93. The Morgan fingerprint density at radius 3 is 2.72 bits per heavy atom. The maximum Gasteiger partial charge on any atom is 0.0245 e. The van der Waals surface area contributed by atoms with E-state index in [4.69, 9.17) is 0 Å². The van der Waals surface area contributed by atoms with Crippen LogP contribution in [0.4, 0.5) is 0 Å². The molecule has 0 amide bonds. The van der Waals surface area contributed by atoms with E-state index < -0.39 is 0 Å². The van der Waals surface area contributed by atoms with E-state index in [1.165, 1.54) is 29.3 Å². The molecule has 1 aromatic carbocycles. The van der Waals surface area contributed by atoms with Gasteiger partial charge < -0.3 is 5.32 Å². The summed E-state index contributed by atoms with van der Waals surface area (Å²) in [7, 11) is 2.22. The van der Waals surface area contributed by atoms with Gasteiger partial charge in [-0.2, -0.15) is 0 Å². The molecule has 0 heterocycles. The van der Waals surface area contributed by atoms with E-state index in [-0.39, 0.29) is 0 Å². The van der Waals surface area contributed by atoms with Crippen molar-refractivity contribution in [2.24, 2.45) is 0 Å². The molecule has 0 aromatic heterocycles. The van der Waals surface area contributed by atoms with Crippen LogP contribution >= 0.6 is 15.9 Å². The summed E-state index contributed by atoms with van der Waals surface area (Å²) in [6, 6.07) is 9.92. The predicted molar refractivity (Wildman–Crippen MR) is 80.7 cm³/mol. The van der Waals surface area contributed by atoms with Crippen LogP contribution < -0.4 is 5.32 Å². The number of nitrogens with one attached hydrogen (secondary N) is 1. The molecule has 1 aliphatic rings. The van der Waals surface area contributed by atoms with E-state index in [0.717, 1.165) is 19.1 Å². The first-order valence-electron chi connectivity index (χ1n) is 6.87. The summed E-state index contributed by atoms with van der Waals surface area (Å²) in [5.74, 6) is 0. The SMILES string of the molecule is CCC(CNC1CC1)N(C)Cc1ccccc1Br. The quantitative estimate of drug-likeness (QED) is 0.830. The average Bonchev–Trinajstić information content (AvgIpc) is 3.17. The summed E-state index contributed by atoms with van der Waals surface area (Å²) in [5.41, 5.74) is 1.37. The van der Waals surface area contributed by atoms with Gasteiger partial charge in [-0.1, -0.05) is 41.1 Å². The molecule has 1 saturated carbocycles. The van der Waals surface area contributed by atoms with E-state index in [1.807, 2.05) is 0 Å². The average molecular weight is 311 g/mol. The molecule has 3 heteroatoms. The molecule has 1 fully saturated rings. The molecular weight excluding hydrogens is 288 g/mol. The molecule has 1 N–H and O–H groups in total. The van der Waals surface area contributed by atoms with Gasteiger partial charge in [0.05, 0.1) is 0 Å². The van der Waals surface area contributed by atoms with Crippen LogP contribution in [0.3, 0.4) is 0 Å². The second-order valence-electron chi connectivity index (χ2n) is 5.25. The molecule has 100 valence electrons. The van der Waals surface area contributed by atoms with Crippen LogP contribution in [0.1, 0.15) is 31.7 Å². The highest BCUT2D eigenvalue weighted by Gasteiger charge is 2.22. The molecule has 2 nitrogen and oxygen atoms in total. The topological polar surface area (TPSA) is 15.3 Å². The molecule has 1 aliphatic carbocycles. The number of hydrogen-bond acceptors (Lipinski definition) is 2. The highest BCUT2D eigenvalue weighted by molar-refractivity contribution is 9.10. The zero-order valence-electron chi connectivity index (χ0n) is 11.3. The number of benzene rings is 1. The first-order valence-corrected chi connectivity index (χ1v) is 7.67. The van der Waals surface area contributed by atoms with Crippen LogP contribution in [0, 0.1) is 0 Å². The second-order valence-corrected chi connectivity index (χ2v) is 6.11. The summed E-state index contributed by atoms with van der Waals surface area (Å²) in [4.78, 5) is 2.45.